The number of nitrogens with zero attached hydrogens (tertiary/aromatic N) is 1. The van der Waals surface area contributed by atoms with E-state index < -0.39 is 0 Å². The highest BCUT2D eigenvalue weighted by Gasteiger charge is 2.28. The fourth-order valence-electron chi connectivity index (χ4n) is 2.32. The Morgan fingerprint density at radius 2 is 2.27 bits per heavy atom. The van der Waals surface area contributed by atoms with Crippen molar-refractivity contribution >= 4 is 0 Å². The molecule has 2 saturated heterocycles. The third-order valence-electron chi connectivity index (χ3n) is 2.98. The van der Waals surface area contributed by atoms with Gasteiger partial charge in [-0.05, 0) is 13.8 Å². The zero-order valence-electron chi connectivity index (χ0n) is 9.79. The first-order chi connectivity index (χ1) is 7.16. The lowest BCUT2D eigenvalue weighted by atomic mass is 10.1. The van der Waals surface area contributed by atoms with Crippen LogP contribution in [0.3, 0.4) is 0 Å². The van der Waals surface area contributed by atoms with E-state index in [1.54, 1.807) is 0 Å². The molecule has 2 fully saturated rings. The molecular formula is C11H22N2O2. The number of ether oxygens (including phenoxy) is 2. The molecule has 4 nitrogen and oxygen atoms in total. The van der Waals surface area contributed by atoms with Crippen molar-refractivity contribution in [2.45, 2.75) is 25.5 Å². The van der Waals surface area contributed by atoms with E-state index in [1.807, 2.05) is 0 Å². The molecule has 0 saturated carbocycles. The molecule has 88 valence electrons. The van der Waals surface area contributed by atoms with Crippen LogP contribution < -0.4 is 5.32 Å². The number of rotatable bonds is 2. The minimum atomic E-state index is 0.00771. The topological polar surface area (TPSA) is 33.7 Å². The van der Waals surface area contributed by atoms with Crippen LogP contribution in [0.5, 0.6) is 0 Å². The average Bonchev–Trinajstić information content (AvgIpc) is 2.17. The van der Waals surface area contributed by atoms with Crippen molar-refractivity contribution in [2.75, 3.05) is 46.0 Å². The predicted molar refractivity (Wildman–Crippen MR) is 59.1 cm³/mol. The average molecular weight is 214 g/mol. The molecule has 15 heavy (non-hydrogen) atoms. The van der Waals surface area contributed by atoms with Crippen LogP contribution in [-0.4, -0.2) is 62.5 Å². The summed E-state index contributed by atoms with van der Waals surface area (Å²) in [6.45, 7) is 11.0. The number of hydrogen-bond donors (Lipinski definition) is 1. The largest absolute Gasteiger partial charge is 0.378 e. The van der Waals surface area contributed by atoms with Gasteiger partial charge in [0, 0.05) is 32.2 Å². The van der Waals surface area contributed by atoms with Gasteiger partial charge in [0.2, 0.25) is 0 Å². The Hall–Kier alpha value is -0.160. The van der Waals surface area contributed by atoms with Gasteiger partial charge >= 0.3 is 0 Å². The molecule has 0 bridgehead atoms. The zero-order valence-corrected chi connectivity index (χ0v) is 9.79. The molecular weight excluding hydrogens is 192 g/mol. The van der Waals surface area contributed by atoms with Crippen LogP contribution in [0.1, 0.15) is 13.8 Å². The van der Waals surface area contributed by atoms with Crippen molar-refractivity contribution in [3.8, 4) is 0 Å². The van der Waals surface area contributed by atoms with E-state index in [0.717, 1.165) is 46.0 Å². The highest BCUT2D eigenvalue weighted by molar-refractivity contribution is 4.82. The van der Waals surface area contributed by atoms with Crippen LogP contribution in [0.4, 0.5) is 0 Å². The molecule has 1 unspecified atom stereocenters. The monoisotopic (exact) mass is 214 g/mol. The maximum atomic E-state index is 5.69. The third-order valence-corrected chi connectivity index (χ3v) is 2.98. The van der Waals surface area contributed by atoms with Crippen LogP contribution in [-0.2, 0) is 9.47 Å². The van der Waals surface area contributed by atoms with Gasteiger partial charge in [-0.3, -0.25) is 4.90 Å². The van der Waals surface area contributed by atoms with Crippen LogP contribution in [0.2, 0.25) is 0 Å². The predicted octanol–water partition coefficient (Wildman–Crippen LogP) is 0.0856. The molecule has 0 spiro atoms. The van der Waals surface area contributed by atoms with Gasteiger partial charge in [-0.15, -0.1) is 0 Å². The minimum Gasteiger partial charge on any atom is -0.378 e. The van der Waals surface area contributed by atoms with Crippen LogP contribution in [0.15, 0.2) is 0 Å². The van der Waals surface area contributed by atoms with E-state index >= 15 is 0 Å². The SMILES string of the molecule is CC1(C)CN(CC2COCCN2)CCO1. The molecule has 0 radical (unpaired) electrons. The van der Waals surface area contributed by atoms with E-state index in [0.29, 0.717) is 6.04 Å². The van der Waals surface area contributed by atoms with Gasteiger partial charge in [0.25, 0.3) is 0 Å². The van der Waals surface area contributed by atoms with Gasteiger partial charge in [0.15, 0.2) is 0 Å². The van der Waals surface area contributed by atoms with Crippen LogP contribution in [0.25, 0.3) is 0 Å². The fraction of sp³-hybridized carbons (Fsp3) is 1.00. The number of morpholine rings is 2. The second-order valence-corrected chi connectivity index (χ2v) is 5.07. The molecule has 1 atom stereocenters. The summed E-state index contributed by atoms with van der Waals surface area (Å²) in [4.78, 5) is 2.47. The molecule has 0 aliphatic carbocycles. The summed E-state index contributed by atoms with van der Waals surface area (Å²) in [5.74, 6) is 0. The summed E-state index contributed by atoms with van der Waals surface area (Å²) < 4.78 is 11.1. The van der Waals surface area contributed by atoms with Gasteiger partial charge in [0.05, 0.1) is 25.4 Å². The Labute approximate surface area is 91.9 Å². The normalized spacial score (nSPS) is 32.8. The van der Waals surface area contributed by atoms with E-state index in [1.165, 1.54) is 0 Å². The Morgan fingerprint density at radius 1 is 1.40 bits per heavy atom. The Kier molecular flexibility index (Phi) is 3.61. The van der Waals surface area contributed by atoms with E-state index in [2.05, 4.69) is 24.1 Å². The van der Waals surface area contributed by atoms with Crippen molar-refractivity contribution in [3.63, 3.8) is 0 Å². The Balaban J connectivity index is 1.78. The highest BCUT2D eigenvalue weighted by atomic mass is 16.5. The van der Waals surface area contributed by atoms with Crippen LogP contribution >= 0.6 is 0 Å². The molecule has 2 rings (SSSR count). The van der Waals surface area contributed by atoms with Crippen molar-refractivity contribution < 1.29 is 9.47 Å². The van der Waals surface area contributed by atoms with E-state index in [4.69, 9.17) is 9.47 Å². The fourth-order valence-corrected chi connectivity index (χ4v) is 2.32. The smallest absolute Gasteiger partial charge is 0.0753 e. The summed E-state index contributed by atoms with van der Waals surface area (Å²) in [7, 11) is 0. The first-order valence-electron chi connectivity index (χ1n) is 5.83. The van der Waals surface area contributed by atoms with Gasteiger partial charge < -0.3 is 14.8 Å². The van der Waals surface area contributed by atoms with Crippen molar-refractivity contribution in [3.05, 3.63) is 0 Å². The zero-order chi connectivity index (χ0) is 10.7. The molecule has 0 aromatic heterocycles. The van der Waals surface area contributed by atoms with Crippen molar-refractivity contribution in [2.24, 2.45) is 0 Å². The first-order valence-corrected chi connectivity index (χ1v) is 5.83. The summed E-state index contributed by atoms with van der Waals surface area (Å²) in [5, 5.41) is 3.49. The first kappa shape index (κ1) is 11.3. The summed E-state index contributed by atoms with van der Waals surface area (Å²) in [5.41, 5.74) is 0.00771. The minimum absolute atomic E-state index is 0.00771. The Bertz CT molecular complexity index is 203. The molecule has 4 heteroatoms. The van der Waals surface area contributed by atoms with Crippen molar-refractivity contribution in [1.29, 1.82) is 0 Å². The molecule has 0 aromatic carbocycles. The lowest BCUT2D eigenvalue weighted by Crippen LogP contribution is -2.54. The van der Waals surface area contributed by atoms with Gasteiger partial charge in [-0.25, -0.2) is 0 Å². The maximum Gasteiger partial charge on any atom is 0.0753 e. The van der Waals surface area contributed by atoms with E-state index in [-0.39, 0.29) is 5.60 Å². The number of nitrogens with one attached hydrogen (secondary N) is 1. The molecule has 1 N–H and O–H groups in total. The number of hydrogen-bond acceptors (Lipinski definition) is 4. The van der Waals surface area contributed by atoms with Crippen molar-refractivity contribution in [1.82, 2.24) is 10.2 Å². The Morgan fingerprint density at radius 3 is 2.93 bits per heavy atom. The summed E-state index contributed by atoms with van der Waals surface area (Å²) in [6.07, 6.45) is 0. The third kappa shape index (κ3) is 3.41. The lowest BCUT2D eigenvalue weighted by Gasteiger charge is -2.40. The molecule has 0 aromatic rings. The molecule has 2 aliphatic heterocycles. The second kappa shape index (κ2) is 4.78. The summed E-state index contributed by atoms with van der Waals surface area (Å²) >= 11 is 0. The van der Waals surface area contributed by atoms with Gasteiger partial charge in [0.1, 0.15) is 0 Å². The standard InChI is InChI=1S/C11H22N2O2/c1-11(2)9-13(4-6-15-11)7-10-8-14-5-3-12-10/h10,12H,3-9H2,1-2H3. The molecule has 2 heterocycles. The maximum absolute atomic E-state index is 5.69. The highest BCUT2D eigenvalue weighted by Crippen LogP contribution is 2.16. The summed E-state index contributed by atoms with van der Waals surface area (Å²) in [6, 6.07) is 0.493. The lowest BCUT2D eigenvalue weighted by molar-refractivity contribution is -0.0903. The molecule has 0 amide bonds. The molecule has 2 aliphatic rings. The second-order valence-electron chi connectivity index (χ2n) is 5.07. The van der Waals surface area contributed by atoms with E-state index in [9.17, 15) is 0 Å². The quantitative estimate of drug-likeness (QED) is 0.706. The van der Waals surface area contributed by atoms with Crippen LogP contribution in [0, 0.1) is 0 Å². The van der Waals surface area contributed by atoms with Gasteiger partial charge in [-0.2, -0.15) is 0 Å². The van der Waals surface area contributed by atoms with Gasteiger partial charge in [-0.1, -0.05) is 0 Å².